The second kappa shape index (κ2) is 5.86. The molecule has 0 saturated carbocycles. The molecular formula is C13H12F3N3O2. The van der Waals surface area contributed by atoms with Crippen LogP contribution in [0, 0.1) is 11.6 Å². The number of nitrogen functional groups attached to an aromatic ring is 1. The summed E-state index contributed by atoms with van der Waals surface area (Å²) in [6.07, 6.45) is -1.95. The number of hydrogen-bond acceptors (Lipinski definition) is 5. The first-order valence-electron chi connectivity index (χ1n) is 5.82. The van der Waals surface area contributed by atoms with Crippen LogP contribution < -0.4 is 15.2 Å². The van der Waals surface area contributed by atoms with Crippen molar-refractivity contribution in [1.82, 2.24) is 9.97 Å². The van der Waals surface area contributed by atoms with Gasteiger partial charge in [0.05, 0.1) is 26.0 Å². The summed E-state index contributed by atoms with van der Waals surface area (Å²) < 4.78 is 50.7. The van der Waals surface area contributed by atoms with Crippen LogP contribution in [0.3, 0.4) is 0 Å². The summed E-state index contributed by atoms with van der Waals surface area (Å²) in [5.41, 5.74) is 4.48. The van der Waals surface area contributed by atoms with E-state index in [1.165, 1.54) is 20.3 Å². The molecule has 0 saturated heterocycles. The molecule has 0 bridgehead atoms. The molecule has 2 rings (SSSR count). The smallest absolute Gasteiger partial charge is 0.220 e. The lowest BCUT2D eigenvalue weighted by molar-refractivity contribution is 0.340. The Morgan fingerprint density at radius 3 is 2.19 bits per heavy atom. The molecular weight excluding hydrogens is 287 g/mol. The van der Waals surface area contributed by atoms with E-state index in [4.69, 9.17) is 15.2 Å². The van der Waals surface area contributed by atoms with Gasteiger partial charge in [0, 0.05) is 5.56 Å². The van der Waals surface area contributed by atoms with E-state index in [-0.39, 0.29) is 23.1 Å². The second-order valence-corrected chi connectivity index (χ2v) is 4.04. The van der Waals surface area contributed by atoms with Crippen LogP contribution in [-0.4, -0.2) is 24.2 Å². The number of halogens is 3. The average Bonchev–Trinajstić information content (AvgIpc) is 2.51. The van der Waals surface area contributed by atoms with Crippen LogP contribution in [-0.2, 0) is 0 Å². The first-order chi connectivity index (χ1) is 9.97. The lowest BCUT2D eigenvalue weighted by Crippen LogP contribution is -2.08. The van der Waals surface area contributed by atoms with Gasteiger partial charge in [-0.1, -0.05) is 6.07 Å². The van der Waals surface area contributed by atoms with Crippen molar-refractivity contribution in [2.45, 2.75) is 6.17 Å². The summed E-state index contributed by atoms with van der Waals surface area (Å²) in [6.45, 7) is 0. The fourth-order valence-corrected chi connectivity index (χ4v) is 1.68. The monoisotopic (exact) mass is 299 g/mol. The number of aromatic nitrogens is 2. The number of anilines is 1. The predicted molar refractivity (Wildman–Crippen MR) is 68.9 cm³/mol. The quantitative estimate of drug-likeness (QED) is 0.878. The summed E-state index contributed by atoms with van der Waals surface area (Å²) in [7, 11) is 2.68. The maximum atomic E-state index is 14.5. The Morgan fingerprint density at radius 1 is 1.10 bits per heavy atom. The minimum absolute atomic E-state index is 0.0701. The number of alkyl halides is 1. The molecule has 2 N–H and O–H groups in total. The van der Waals surface area contributed by atoms with Crippen molar-refractivity contribution in [2.75, 3.05) is 20.0 Å². The molecule has 1 aromatic carbocycles. The van der Waals surface area contributed by atoms with E-state index < -0.39 is 23.5 Å². The van der Waals surface area contributed by atoms with Crippen molar-refractivity contribution in [2.24, 2.45) is 0 Å². The Labute approximate surface area is 118 Å². The number of methoxy groups -OCH3 is 2. The standard InChI is InChI=1S/C13H12F3N3O2/c1-20-8-5-9(21-2)19-13(18-8)10(15)6-3-4-7(14)11(16)12(6)17/h3-5,10H,17H2,1-2H3. The normalized spacial score (nSPS) is 12.0. The molecule has 112 valence electrons. The zero-order valence-corrected chi connectivity index (χ0v) is 11.2. The van der Waals surface area contributed by atoms with E-state index in [0.717, 1.165) is 12.1 Å². The molecule has 5 nitrogen and oxygen atoms in total. The topological polar surface area (TPSA) is 70.3 Å². The summed E-state index contributed by atoms with van der Waals surface area (Å²) >= 11 is 0. The third-order valence-corrected chi connectivity index (χ3v) is 2.78. The molecule has 1 unspecified atom stereocenters. The molecule has 0 radical (unpaired) electrons. The third-order valence-electron chi connectivity index (χ3n) is 2.78. The van der Waals surface area contributed by atoms with Crippen molar-refractivity contribution < 1.29 is 22.6 Å². The Morgan fingerprint density at radius 2 is 1.67 bits per heavy atom. The van der Waals surface area contributed by atoms with Gasteiger partial charge >= 0.3 is 0 Å². The van der Waals surface area contributed by atoms with E-state index in [1.54, 1.807) is 0 Å². The van der Waals surface area contributed by atoms with Crippen molar-refractivity contribution in [1.29, 1.82) is 0 Å². The molecule has 1 aromatic heterocycles. The number of nitrogens with two attached hydrogens (primary N) is 1. The van der Waals surface area contributed by atoms with Crippen LogP contribution in [0.4, 0.5) is 18.9 Å². The molecule has 0 spiro atoms. The first kappa shape index (κ1) is 14.9. The molecule has 2 aromatic rings. The molecule has 0 aliphatic heterocycles. The van der Waals surface area contributed by atoms with Crippen LogP contribution >= 0.6 is 0 Å². The zero-order valence-electron chi connectivity index (χ0n) is 11.2. The predicted octanol–water partition coefficient (Wildman–Crippen LogP) is 2.41. The van der Waals surface area contributed by atoms with Crippen LogP contribution in [0.2, 0.25) is 0 Å². The Kier molecular flexibility index (Phi) is 4.15. The van der Waals surface area contributed by atoms with Gasteiger partial charge in [0.1, 0.15) is 0 Å². The summed E-state index contributed by atoms with van der Waals surface area (Å²) in [5, 5.41) is 0. The summed E-state index contributed by atoms with van der Waals surface area (Å²) in [6, 6.07) is 3.17. The highest BCUT2D eigenvalue weighted by Gasteiger charge is 2.23. The van der Waals surface area contributed by atoms with E-state index >= 15 is 0 Å². The fourth-order valence-electron chi connectivity index (χ4n) is 1.68. The molecule has 8 heteroatoms. The minimum atomic E-state index is -1.95. The molecule has 0 amide bonds. The van der Waals surface area contributed by atoms with E-state index in [0.29, 0.717) is 0 Å². The largest absolute Gasteiger partial charge is 0.481 e. The second-order valence-electron chi connectivity index (χ2n) is 4.04. The fraction of sp³-hybridized carbons (Fsp3) is 0.231. The lowest BCUT2D eigenvalue weighted by Gasteiger charge is -2.12. The maximum absolute atomic E-state index is 14.5. The third kappa shape index (κ3) is 2.83. The minimum Gasteiger partial charge on any atom is -0.481 e. The molecule has 21 heavy (non-hydrogen) atoms. The average molecular weight is 299 g/mol. The molecule has 0 fully saturated rings. The first-order valence-corrected chi connectivity index (χ1v) is 5.82. The molecule has 1 heterocycles. The highest BCUT2D eigenvalue weighted by molar-refractivity contribution is 5.51. The SMILES string of the molecule is COc1cc(OC)nc(C(F)c2ccc(F)c(F)c2N)n1. The van der Waals surface area contributed by atoms with E-state index in [9.17, 15) is 13.2 Å². The number of nitrogens with zero attached hydrogens (tertiary/aromatic N) is 2. The maximum Gasteiger partial charge on any atom is 0.220 e. The van der Waals surface area contributed by atoms with Gasteiger partial charge in [-0.05, 0) is 6.07 Å². The van der Waals surface area contributed by atoms with E-state index in [1.807, 2.05) is 0 Å². The highest BCUT2D eigenvalue weighted by atomic mass is 19.2. The Balaban J connectivity index is 2.49. The molecule has 0 aliphatic rings. The molecule has 1 atom stereocenters. The van der Waals surface area contributed by atoms with Crippen LogP contribution in [0.15, 0.2) is 18.2 Å². The highest BCUT2D eigenvalue weighted by Crippen LogP contribution is 2.32. The van der Waals surface area contributed by atoms with Gasteiger partial charge in [-0.3, -0.25) is 0 Å². The summed E-state index contributed by atoms with van der Waals surface area (Å²) in [5.74, 6) is -2.66. The van der Waals surface area contributed by atoms with Crippen molar-refractivity contribution in [3.8, 4) is 11.8 Å². The number of ether oxygens (including phenoxy) is 2. The summed E-state index contributed by atoms with van der Waals surface area (Å²) in [4.78, 5) is 7.62. The van der Waals surface area contributed by atoms with Gasteiger partial charge in [0.15, 0.2) is 23.6 Å². The van der Waals surface area contributed by atoms with Crippen molar-refractivity contribution in [3.05, 3.63) is 41.2 Å². The van der Waals surface area contributed by atoms with Crippen molar-refractivity contribution >= 4 is 5.69 Å². The van der Waals surface area contributed by atoms with Crippen LogP contribution in [0.5, 0.6) is 11.8 Å². The number of hydrogen-bond donors (Lipinski definition) is 1. The van der Waals surface area contributed by atoms with Crippen molar-refractivity contribution in [3.63, 3.8) is 0 Å². The Bertz CT molecular complexity index is 645. The van der Waals surface area contributed by atoms with Gasteiger partial charge in [-0.2, -0.15) is 9.97 Å². The van der Waals surface area contributed by atoms with Gasteiger partial charge in [-0.15, -0.1) is 0 Å². The van der Waals surface area contributed by atoms with Gasteiger partial charge < -0.3 is 15.2 Å². The Hall–Kier alpha value is -2.51. The van der Waals surface area contributed by atoms with Gasteiger partial charge in [0.2, 0.25) is 11.8 Å². The lowest BCUT2D eigenvalue weighted by atomic mass is 10.1. The molecule has 0 aliphatic carbocycles. The number of benzene rings is 1. The van der Waals surface area contributed by atoms with Gasteiger partial charge in [0.25, 0.3) is 0 Å². The van der Waals surface area contributed by atoms with Crippen LogP contribution in [0.25, 0.3) is 0 Å². The van der Waals surface area contributed by atoms with E-state index in [2.05, 4.69) is 9.97 Å². The number of rotatable bonds is 4. The van der Waals surface area contributed by atoms with Gasteiger partial charge in [-0.25, -0.2) is 13.2 Å². The van der Waals surface area contributed by atoms with Crippen LogP contribution in [0.1, 0.15) is 17.6 Å². The zero-order chi connectivity index (χ0) is 15.6.